The topological polar surface area (TPSA) is 205 Å². The molecule has 0 aliphatic carbocycles. The first-order valence-corrected chi connectivity index (χ1v) is 13.4. The summed E-state index contributed by atoms with van der Waals surface area (Å²) in [7, 11) is -4.67. The van der Waals surface area contributed by atoms with Crippen LogP contribution in [0.15, 0.2) is 94.2 Å². The number of ether oxygens (including phenoxy) is 1. The van der Waals surface area contributed by atoms with Gasteiger partial charge in [0.15, 0.2) is 0 Å². The zero-order chi connectivity index (χ0) is 31.3. The van der Waals surface area contributed by atoms with Crippen LogP contribution in [0.5, 0.6) is 0 Å². The minimum absolute atomic E-state index is 0.191. The van der Waals surface area contributed by atoms with Crippen molar-refractivity contribution in [1.82, 2.24) is 0 Å². The lowest BCUT2D eigenvalue weighted by Gasteiger charge is -2.02. The van der Waals surface area contributed by atoms with E-state index in [0.29, 0.717) is 23.7 Å². The second kappa shape index (κ2) is 20.6. The Hall–Kier alpha value is -4.27. The van der Waals surface area contributed by atoms with Gasteiger partial charge in [-0.05, 0) is 32.9 Å². The highest BCUT2D eigenvalue weighted by Gasteiger charge is 2.16. The molecule has 0 aliphatic rings. The third-order valence-corrected chi connectivity index (χ3v) is 4.13. The summed E-state index contributed by atoms with van der Waals surface area (Å²) < 4.78 is 47.0. The normalized spacial score (nSPS) is 9.63. The van der Waals surface area contributed by atoms with Gasteiger partial charge in [-0.3, -0.25) is 9.11 Å². The molecule has 0 atom stereocenters. The Kier molecular flexibility index (Phi) is 18.5. The molecule has 0 spiro atoms. The quantitative estimate of drug-likeness (QED) is 0.151. The number of carbonyl (C=O) groups excluding carboxylic acids is 1. The van der Waals surface area contributed by atoms with Crippen molar-refractivity contribution in [2.75, 3.05) is 19.8 Å². The number of hydrogen-bond donors (Lipinski definition) is 5. The Morgan fingerprint density at radius 3 is 1.39 bits per heavy atom. The summed E-state index contributed by atoms with van der Waals surface area (Å²) in [6.45, 7) is 6.00. The van der Waals surface area contributed by atoms with Crippen LogP contribution in [0.4, 0.5) is 0 Å². The molecule has 2 heterocycles. The maximum Gasteiger partial charge on any atom is 0.394 e. The molecule has 5 N–H and O–H groups in total. The number of esters is 1. The molecule has 13 heteroatoms. The maximum absolute atomic E-state index is 11.6. The van der Waals surface area contributed by atoms with Crippen molar-refractivity contribution in [1.29, 1.82) is 0 Å². The van der Waals surface area contributed by atoms with E-state index in [-0.39, 0.29) is 24.7 Å². The van der Waals surface area contributed by atoms with Crippen LogP contribution in [-0.2, 0) is 15.1 Å². The molecule has 4 aromatic rings. The predicted molar refractivity (Wildman–Crippen MR) is 151 cm³/mol. The van der Waals surface area contributed by atoms with Gasteiger partial charge in [-0.15, -0.1) is 0 Å². The summed E-state index contributed by atoms with van der Waals surface area (Å²) in [6, 6.07) is 21.7. The highest BCUT2D eigenvalue weighted by atomic mass is 32.3. The molecular formula is C28H34O12S. The Bertz CT molecular complexity index is 1350. The number of aliphatic hydroxyl groups excluding tert-OH is 2. The van der Waals surface area contributed by atoms with Crippen LogP contribution in [0.1, 0.15) is 41.5 Å². The van der Waals surface area contributed by atoms with Crippen molar-refractivity contribution in [3.63, 3.8) is 0 Å². The maximum atomic E-state index is 11.6. The largest absolute Gasteiger partial charge is 0.478 e. The van der Waals surface area contributed by atoms with Crippen molar-refractivity contribution < 1.29 is 56.0 Å². The van der Waals surface area contributed by atoms with Crippen LogP contribution in [-0.4, -0.2) is 64.6 Å². The molecule has 12 nitrogen and oxygen atoms in total. The van der Waals surface area contributed by atoms with Gasteiger partial charge in [-0.1, -0.05) is 60.7 Å². The van der Waals surface area contributed by atoms with Crippen molar-refractivity contribution in [3.8, 4) is 22.6 Å². The molecule has 4 rings (SSSR count). The van der Waals surface area contributed by atoms with Crippen LogP contribution in [0.25, 0.3) is 22.6 Å². The first kappa shape index (κ1) is 36.7. The lowest BCUT2D eigenvalue weighted by Crippen LogP contribution is -2.04. The van der Waals surface area contributed by atoms with Gasteiger partial charge in [-0.2, -0.15) is 8.42 Å². The highest BCUT2D eigenvalue weighted by molar-refractivity contribution is 7.79. The molecule has 224 valence electrons. The zero-order valence-electron chi connectivity index (χ0n) is 22.7. The summed E-state index contributed by atoms with van der Waals surface area (Å²) in [6.07, 6.45) is 2.88. The third-order valence-electron chi connectivity index (χ3n) is 4.13. The molecular weight excluding hydrogens is 560 g/mol. The lowest BCUT2D eigenvalue weighted by atomic mass is 10.1. The van der Waals surface area contributed by atoms with E-state index in [4.69, 9.17) is 46.4 Å². The average Bonchev–Trinajstić information content (AvgIpc) is 3.61. The zero-order valence-corrected chi connectivity index (χ0v) is 23.5. The van der Waals surface area contributed by atoms with E-state index < -0.39 is 16.4 Å². The highest BCUT2D eigenvalue weighted by Crippen LogP contribution is 2.25. The number of aliphatic hydroxyl groups is 2. The van der Waals surface area contributed by atoms with E-state index >= 15 is 0 Å². The number of carboxylic acid groups (broad SMARTS) is 1. The van der Waals surface area contributed by atoms with Crippen molar-refractivity contribution in [3.05, 3.63) is 96.4 Å². The molecule has 0 saturated heterocycles. The van der Waals surface area contributed by atoms with Crippen LogP contribution in [0.2, 0.25) is 0 Å². The first-order chi connectivity index (χ1) is 19.4. The van der Waals surface area contributed by atoms with Gasteiger partial charge >= 0.3 is 22.3 Å². The molecule has 0 amide bonds. The van der Waals surface area contributed by atoms with E-state index in [0.717, 1.165) is 11.1 Å². The lowest BCUT2D eigenvalue weighted by molar-refractivity contribution is 0.0526. The Labute approximate surface area is 238 Å². The molecule has 0 saturated carbocycles. The van der Waals surface area contributed by atoms with E-state index in [1.165, 1.54) is 18.6 Å². The van der Waals surface area contributed by atoms with Gasteiger partial charge in [0.25, 0.3) is 0 Å². The molecule has 0 radical (unpaired) electrons. The van der Waals surface area contributed by atoms with E-state index in [2.05, 4.69) is 0 Å². The summed E-state index contributed by atoms with van der Waals surface area (Å²) in [5.74, 6) is -0.371. The Morgan fingerprint density at radius 1 is 0.707 bits per heavy atom. The SMILES string of the molecule is CCO.CCO.CCOC(=O)c1ccoc1-c1ccccc1.O=C(O)c1ccoc1-c1ccccc1.O=S(=O)(O)O. The monoisotopic (exact) mass is 594 g/mol. The van der Waals surface area contributed by atoms with Gasteiger partial charge < -0.3 is 28.9 Å². The van der Waals surface area contributed by atoms with E-state index in [1.807, 2.05) is 60.7 Å². The number of hydrogen-bond acceptors (Lipinski definition) is 9. The predicted octanol–water partition coefficient (Wildman–Crippen LogP) is 5.11. The number of aromatic carboxylic acids is 1. The molecule has 0 fully saturated rings. The molecule has 2 aromatic heterocycles. The summed E-state index contributed by atoms with van der Waals surface area (Å²) in [5.41, 5.74) is 2.30. The molecule has 41 heavy (non-hydrogen) atoms. The van der Waals surface area contributed by atoms with Gasteiger partial charge in [0.1, 0.15) is 22.6 Å². The summed E-state index contributed by atoms with van der Waals surface area (Å²) in [4.78, 5) is 22.4. The van der Waals surface area contributed by atoms with Crippen LogP contribution in [0.3, 0.4) is 0 Å². The van der Waals surface area contributed by atoms with E-state index in [9.17, 15) is 9.59 Å². The smallest absolute Gasteiger partial charge is 0.394 e. The molecule has 0 bridgehead atoms. The minimum atomic E-state index is -4.67. The molecule has 0 aliphatic heterocycles. The van der Waals surface area contributed by atoms with Crippen LogP contribution < -0.4 is 0 Å². The van der Waals surface area contributed by atoms with Crippen LogP contribution >= 0.6 is 0 Å². The number of carboxylic acids is 1. The Morgan fingerprint density at radius 2 is 1.05 bits per heavy atom. The van der Waals surface area contributed by atoms with Crippen molar-refractivity contribution >= 4 is 22.3 Å². The molecule has 2 aromatic carbocycles. The third kappa shape index (κ3) is 15.8. The molecule has 0 unspecified atom stereocenters. The number of furan rings is 2. The van der Waals surface area contributed by atoms with Crippen molar-refractivity contribution in [2.24, 2.45) is 0 Å². The summed E-state index contributed by atoms with van der Waals surface area (Å²) in [5, 5.41) is 24.0. The fourth-order valence-corrected chi connectivity index (χ4v) is 2.78. The van der Waals surface area contributed by atoms with E-state index in [1.54, 1.807) is 26.8 Å². The van der Waals surface area contributed by atoms with Gasteiger partial charge in [0, 0.05) is 24.3 Å². The van der Waals surface area contributed by atoms with Gasteiger partial charge in [-0.25, -0.2) is 9.59 Å². The number of rotatable bonds is 5. The minimum Gasteiger partial charge on any atom is -0.478 e. The fraction of sp³-hybridized carbons (Fsp3) is 0.214. The average molecular weight is 595 g/mol. The standard InChI is InChI=1S/C13H12O3.C11H8O3.2C2H6O.H2O4S/c1-2-15-13(14)11-8-9-16-12(11)10-6-4-3-5-7-10;12-11(13)9-6-7-14-10(9)8-4-2-1-3-5-8;2*1-2-3;1-5(2,3)4/h3-9H,2H2,1H3;1-7H,(H,12,13);2*3H,2H2,1H3;(H2,1,2,3,4). The summed E-state index contributed by atoms with van der Waals surface area (Å²) >= 11 is 0. The second-order valence-corrected chi connectivity index (χ2v) is 8.06. The number of carbonyl (C=O) groups is 2. The second-order valence-electron chi connectivity index (χ2n) is 7.16. The first-order valence-electron chi connectivity index (χ1n) is 12.0. The fourth-order valence-electron chi connectivity index (χ4n) is 2.78. The van der Waals surface area contributed by atoms with Crippen molar-refractivity contribution in [2.45, 2.75) is 20.8 Å². The Balaban J connectivity index is 0.000000581. The van der Waals surface area contributed by atoms with Gasteiger partial charge in [0.2, 0.25) is 0 Å². The number of benzene rings is 2. The van der Waals surface area contributed by atoms with Gasteiger partial charge in [0.05, 0.1) is 19.1 Å². The van der Waals surface area contributed by atoms with Crippen LogP contribution in [0, 0.1) is 0 Å².